The molecule has 4 nitrogen and oxygen atoms in total. The Bertz CT molecular complexity index is 374. The number of nitrogens with zero attached hydrogens (tertiary/aromatic N) is 1. The lowest BCUT2D eigenvalue weighted by Gasteiger charge is -2.39. The Morgan fingerprint density at radius 1 is 1.16 bits per heavy atom. The summed E-state index contributed by atoms with van der Waals surface area (Å²) in [5.41, 5.74) is 0. The van der Waals surface area contributed by atoms with Gasteiger partial charge in [0.25, 0.3) is 0 Å². The molecule has 19 heavy (non-hydrogen) atoms. The summed E-state index contributed by atoms with van der Waals surface area (Å²) in [4.78, 5) is 25.9. The van der Waals surface area contributed by atoms with Gasteiger partial charge in [-0.1, -0.05) is 13.8 Å². The van der Waals surface area contributed by atoms with Gasteiger partial charge in [-0.15, -0.1) is 0 Å². The number of amides is 1. The molecule has 1 aliphatic heterocycles. The fourth-order valence-electron chi connectivity index (χ4n) is 3.29. The zero-order valence-corrected chi connectivity index (χ0v) is 12.7. The van der Waals surface area contributed by atoms with Crippen molar-refractivity contribution in [2.75, 3.05) is 12.3 Å². The largest absolute Gasteiger partial charge is 0.481 e. The van der Waals surface area contributed by atoms with Gasteiger partial charge in [-0.2, -0.15) is 11.8 Å². The molecule has 1 heterocycles. The number of thioether (sulfide) groups is 1. The first kappa shape index (κ1) is 14.7. The molecule has 2 fully saturated rings. The second kappa shape index (κ2) is 5.73. The highest BCUT2D eigenvalue weighted by Crippen LogP contribution is 2.38. The van der Waals surface area contributed by atoms with Gasteiger partial charge < -0.3 is 10.0 Å². The molecule has 1 saturated carbocycles. The second-order valence-electron chi connectivity index (χ2n) is 5.98. The molecule has 1 N–H and O–H groups in total. The van der Waals surface area contributed by atoms with Gasteiger partial charge in [-0.25, -0.2) is 0 Å². The minimum atomic E-state index is -0.810. The Morgan fingerprint density at radius 2 is 1.79 bits per heavy atom. The number of hydrogen-bond donors (Lipinski definition) is 1. The lowest BCUT2D eigenvalue weighted by atomic mass is 9.94. The Kier molecular flexibility index (Phi) is 4.43. The zero-order chi connectivity index (χ0) is 14.2. The van der Waals surface area contributed by atoms with Crippen LogP contribution in [-0.4, -0.2) is 45.5 Å². The van der Waals surface area contributed by atoms with Crippen LogP contribution in [0.1, 0.15) is 33.6 Å². The molecule has 0 radical (unpaired) electrons. The molecule has 0 bridgehead atoms. The number of carbonyl (C=O) groups is 2. The minimum Gasteiger partial charge on any atom is -0.481 e. The first-order valence-corrected chi connectivity index (χ1v) is 8.11. The molecule has 0 aromatic rings. The van der Waals surface area contributed by atoms with E-state index in [0.717, 1.165) is 18.7 Å². The van der Waals surface area contributed by atoms with Crippen molar-refractivity contribution < 1.29 is 14.7 Å². The minimum absolute atomic E-state index is 0.0661. The summed E-state index contributed by atoms with van der Waals surface area (Å²) < 4.78 is 0. The highest BCUT2D eigenvalue weighted by Gasteiger charge is 2.44. The monoisotopic (exact) mass is 285 g/mol. The van der Waals surface area contributed by atoms with E-state index in [4.69, 9.17) is 0 Å². The summed E-state index contributed by atoms with van der Waals surface area (Å²) in [7, 11) is 0. The maximum absolute atomic E-state index is 12.7. The molecule has 5 unspecified atom stereocenters. The van der Waals surface area contributed by atoms with Crippen LogP contribution in [0, 0.1) is 17.8 Å². The van der Waals surface area contributed by atoms with Crippen LogP contribution >= 0.6 is 11.8 Å². The van der Waals surface area contributed by atoms with Gasteiger partial charge in [-0.3, -0.25) is 9.59 Å². The third-order valence-electron chi connectivity index (χ3n) is 4.60. The number of carbonyl (C=O) groups excluding carboxylic acids is 1. The molecule has 5 heteroatoms. The van der Waals surface area contributed by atoms with Crippen LogP contribution in [0.3, 0.4) is 0 Å². The average molecular weight is 285 g/mol. The molecule has 2 aliphatic rings. The van der Waals surface area contributed by atoms with Crippen molar-refractivity contribution >= 4 is 23.6 Å². The first-order chi connectivity index (χ1) is 8.91. The van der Waals surface area contributed by atoms with Crippen molar-refractivity contribution in [1.82, 2.24) is 4.90 Å². The predicted octanol–water partition coefficient (Wildman–Crippen LogP) is 2.09. The number of rotatable bonds is 2. The van der Waals surface area contributed by atoms with Crippen LogP contribution in [0.5, 0.6) is 0 Å². The van der Waals surface area contributed by atoms with Crippen molar-refractivity contribution in [1.29, 1.82) is 0 Å². The molecular formula is C14H23NO3S. The molecule has 1 saturated heterocycles. The Morgan fingerprint density at radius 3 is 2.42 bits per heavy atom. The summed E-state index contributed by atoms with van der Waals surface area (Å²) in [6.45, 7) is 7.01. The number of carboxylic acid groups (broad SMARTS) is 1. The van der Waals surface area contributed by atoms with E-state index in [2.05, 4.69) is 13.8 Å². The van der Waals surface area contributed by atoms with E-state index in [1.54, 1.807) is 0 Å². The van der Waals surface area contributed by atoms with Crippen molar-refractivity contribution in [2.45, 2.75) is 44.9 Å². The summed E-state index contributed by atoms with van der Waals surface area (Å²) >= 11 is 1.89. The molecule has 0 aromatic carbocycles. The first-order valence-electron chi connectivity index (χ1n) is 7.06. The third-order valence-corrected chi connectivity index (χ3v) is 5.94. The molecule has 2 rings (SSSR count). The number of aliphatic carboxylic acids is 1. The summed E-state index contributed by atoms with van der Waals surface area (Å²) in [5.74, 6) is -0.255. The molecular weight excluding hydrogens is 262 g/mol. The van der Waals surface area contributed by atoms with Gasteiger partial charge in [0, 0.05) is 23.6 Å². The van der Waals surface area contributed by atoms with E-state index in [1.807, 2.05) is 23.6 Å². The molecule has 1 aliphatic carbocycles. The summed E-state index contributed by atoms with van der Waals surface area (Å²) in [6, 6.07) is 0.205. The predicted molar refractivity (Wildman–Crippen MR) is 76.1 cm³/mol. The van der Waals surface area contributed by atoms with Crippen molar-refractivity contribution in [3.05, 3.63) is 0 Å². The fraction of sp³-hybridized carbons (Fsp3) is 0.857. The van der Waals surface area contributed by atoms with E-state index < -0.39 is 11.9 Å². The highest BCUT2D eigenvalue weighted by atomic mass is 32.2. The molecule has 5 atom stereocenters. The Balaban J connectivity index is 2.11. The molecule has 108 valence electrons. The maximum Gasteiger partial charge on any atom is 0.307 e. The van der Waals surface area contributed by atoms with Crippen LogP contribution in [0.25, 0.3) is 0 Å². The van der Waals surface area contributed by atoms with Crippen molar-refractivity contribution in [3.63, 3.8) is 0 Å². The van der Waals surface area contributed by atoms with E-state index in [0.29, 0.717) is 17.6 Å². The lowest BCUT2D eigenvalue weighted by molar-refractivity contribution is -0.149. The van der Waals surface area contributed by atoms with Crippen molar-refractivity contribution in [3.8, 4) is 0 Å². The lowest BCUT2D eigenvalue weighted by Crippen LogP contribution is -2.51. The summed E-state index contributed by atoms with van der Waals surface area (Å²) in [6.07, 6.45) is 1.36. The van der Waals surface area contributed by atoms with Crippen LogP contribution in [0.4, 0.5) is 0 Å². The van der Waals surface area contributed by atoms with E-state index in [9.17, 15) is 14.7 Å². The fourth-order valence-corrected chi connectivity index (χ4v) is 4.39. The molecule has 0 spiro atoms. The Labute approximate surface area is 118 Å². The van der Waals surface area contributed by atoms with E-state index in [1.165, 1.54) is 0 Å². The van der Waals surface area contributed by atoms with Gasteiger partial charge in [0.15, 0.2) is 0 Å². The quantitative estimate of drug-likeness (QED) is 0.844. The Hall–Kier alpha value is -0.710. The van der Waals surface area contributed by atoms with Crippen LogP contribution in [0.15, 0.2) is 0 Å². The normalized spacial score (nSPS) is 39.3. The number of hydrogen-bond acceptors (Lipinski definition) is 3. The average Bonchev–Trinajstić information content (AvgIpc) is 2.74. The molecule has 0 aromatic heterocycles. The van der Waals surface area contributed by atoms with Gasteiger partial charge in [0.2, 0.25) is 5.91 Å². The topological polar surface area (TPSA) is 57.6 Å². The SMILES string of the molecule is CC1CC(C(=O)O)C(C(=O)N2CCSC(C)C2C)C1. The van der Waals surface area contributed by atoms with E-state index in [-0.39, 0.29) is 17.9 Å². The smallest absolute Gasteiger partial charge is 0.307 e. The standard InChI is InChI=1S/C14H23NO3S/c1-8-6-11(12(7-8)14(17)18)13(16)15-4-5-19-10(3)9(15)2/h8-12H,4-7H2,1-3H3,(H,17,18). The highest BCUT2D eigenvalue weighted by molar-refractivity contribution is 8.00. The van der Waals surface area contributed by atoms with Crippen LogP contribution < -0.4 is 0 Å². The van der Waals surface area contributed by atoms with Crippen molar-refractivity contribution in [2.24, 2.45) is 17.8 Å². The van der Waals surface area contributed by atoms with Gasteiger partial charge >= 0.3 is 5.97 Å². The van der Waals surface area contributed by atoms with Gasteiger partial charge in [0.05, 0.1) is 11.8 Å². The summed E-state index contributed by atoms with van der Waals surface area (Å²) in [5, 5.41) is 9.72. The number of carboxylic acids is 1. The maximum atomic E-state index is 12.7. The zero-order valence-electron chi connectivity index (χ0n) is 11.8. The molecule has 1 amide bonds. The van der Waals surface area contributed by atoms with Crippen LogP contribution in [-0.2, 0) is 9.59 Å². The van der Waals surface area contributed by atoms with Crippen LogP contribution in [0.2, 0.25) is 0 Å². The third kappa shape index (κ3) is 2.91. The second-order valence-corrected chi connectivity index (χ2v) is 7.46. The van der Waals surface area contributed by atoms with Gasteiger partial charge in [0.1, 0.15) is 0 Å². The van der Waals surface area contributed by atoms with E-state index >= 15 is 0 Å². The van der Waals surface area contributed by atoms with Gasteiger partial charge in [-0.05, 0) is 25.7 Å².